The molecular weight excluding hydrogens is 296 g/mol. The van der Waals surface area contributed by atoms with Gasteiger partial charge in [0.2, 0.25) is 0 Å². The predicted molar refractivity (Wildman–Crippen MR) is 87.7 cm³/mol. The van der Waals surface area contributed by atoms with Crippen LogP contribution in [0.2, 0.25) is 0 Å². The first-order valence-corrected chi connectivity index (χ1v) is 7.61. The SMILES string of the molecule is C=C(C)COc1cccc(NC(=O)N2CCC(C(=O)O)CC2)c1. The molecule has 0 spiro atoms. The summed E-state index contributed by atoms with van der Waals surface area (Å²) in [4.78, 5) is 24.8. The van der Waals surface area contributed by atoms with E-state index in [9.17, 15) is 9.59 Å². The normalized spacial score (nSPS) is 15.1. The average Bonchev–Trinajstić information content (AvgIpc) is 2.53. The van der Waals surface area contributed by atoms with Crippen molar-refractivity contribution < 1.29 is 19.4 Å². The number of carboxylic acid groups (broad SMARTS) is 1. The molecule has 23 heavy (non-hydrogen) atoms. The zero-order chi connectivity index (χ0) is 16.8. The summed E-state index contributed by atoms with van der Waals surface area (Å²) in [6.07, 6.45) is 0.981. The maximum absolute atomic E-state index is 12.2. The quantitative estimate of drug-likeness (QED) is 0.818. The number of benzene rings is 1. The molecule has 0 aliphatic carbocycles. The van der Waals surface area contributed by atoms with E-state index in [1.165, 1.54) is 0 Å². The van der Waals surface area contributed by atoms with Gasteiger partial charge in [-0.25, -0.2) is 4.79 Å². The Bertz CT molecular complexity index is 592. The number of hydrogen-bond donors (Lipinski definition) is 2. The van der Waals surface area contributed by atoms with Crippen molar-refractivity contribution in [1.82, 2.24) is 4.90 Å². The topological polar surface area (TPSA) is 78.9 Å². The molecule has 124 valence electrons. The number of rotatable bonds is 5. The molecule has 0 bridgehead atoms. The number of anilines is 1. The van der Waals surface area contributed by atoms with Crippen molar-refractivity contribution in [2.45, 2.75) is 19.8 Å². The standard InChI is InChI=1S/C17H22N2O4/c1-12(2)11-23-15-5-3-4-14(10-15)18-17(22)19-8-6-13(7-9-19)16(20)21/h3-5,10,13H,1,6-9,11H2,2H3,(H,18,22)(H,20,21). The second-order valence-electron chi connectivity index (χ2n) is 5.80. The number of nitrogens with zero attached hydrogens (tertiary/aromatic N) is 1. The molecular formula is C17H22N2O4. The summed E-state index contributed by atoms with van der Waals surface area (Å²) >= 11 is 0. The summed E-state index contributed by atoms with van der Waals surface area (Å²) in [5.74, 6) is -0.472. The van der Waals surface area contributed by atoms with Crippen molar-refractivity contribution in [3.05, 3.63) is 36.4 Å². The highest BCUT2D eigenvalue weighted by atomic mass is 16.5. The van der Waals surface area contributed by atoms with Crippen LogP contribution in [0.25, 0.3) is 0 Å². The van der Waals surface area contributed by atoms with Gasteiger partial charge in [0.25, 0.3) is 0 Å². The maximum Gasteiger partial charge on any atom is 0.321 e. The number of urea groups is 1. The maximum atomic E-state index is 12.2. The number of piperidine rings is 1. The highest BCUT2D eigenvalue weighted by Crippen LogP contribution is 2.21. The Morgan fingerprint density at radius 2 is 2.09 bits per heavy atom. The van der Waals surface area contributed by atoms with E-state index in [1.54, 1.807) is 23.1 Å². The monoisotopic (exact) mass is 318 g/mol. The lowest BCUT2D eigenvalue weighted by atomic mass is 9.97. The van der Waals surface area contributed by atoms with Crippen molar-refractivity contribution in [3.63, 3.8) is 0 Å². The highest BCUT2D eigenvalue weighted by molar-refractivity contribution is 5.89. The van der Waals surface area contributed by atoms with Crippen molar-refractivity contribution in [1.29, 1.82) is 0 Å². The fourth-order valence-corrected chi connectivity index (χ4v) is 2.40. The summed E-state index contributed by atoms with van der Waals surface area (Å²) in [5, 5.41) is 11.8. The van der Waals surface area contributed by atoms with Gasteiger partial charge in [0.05, 0.1) is 5.92 Å². The van der Waals surface area contributed by atoms with Crippen molar-refractivity contribution in [3.8, 4) is 5.75 Å². The van der Waals surface area contributed by atoms with Gasteiger partial charge >= 0.3 is 12.0 Å². The summed E-state index contributed by atoms with van der Waals surface area (Å²) < 4.78 is 5.55. The molecule has 0 saturated carbocycles. The minimum absolute atomic E-state index is 0.217. The first-order valence-electron chi connectivity index (χ1n) is 7.61. The molecule has 6 heteroatoms. The van der Waals surface area contributed by atoms with Gasteiger partial charge in [-0.2, -0.15) is 0 Å². The molecule has 1 saturated heterocycles. The van der Waals surface area contributed by atoms with E-state index < -0.39 is 5.97 Å². The van der Waals surface area contributed by atoms with Crippen LogP contribution < -0.4 is 10.1 Å². The molecule has 2 N–H and O–H groups in total. The van der Waals surface area contributed by atoms with Crippen LogP contribution in [-0.2, 0) is 4.79 Å². The zero-order valence-corrected chi connectivity index (χ0v) is 13.2. The number of aliphatic carboxylic acids is 1. The number of amides is 2. The third-order valence-corrected chi connectivity index (χ3v) is 3.70. The minimum Gasteiger partial charge on any atom is -0.489 e. The third kappa shape index (κ3) is 5.02. The minimum atomic E-state index is -0.785. The molecule has 0 radical (unpaired) electrons. The molecule has 1 heterocycles. The van der Waals surface area contributed by atoms with Gasteiger partial charge in [-0.05, 0) is 37.5 Å². The molecule has 0 unspecified atom stereocenters. The Labute approximate surface area is 135 Å². The molecule has 1 aliphatic rings. The molecule has 1 fully saturated rings. The Morgan fingerprint density at radius 3 is 2.70 bits per heavy atom. The molecule has 2 rings (SSSR count). The van der Waals surface area contributed by atoms with Crippen molar-refractivity contribution in [2.24, 2.45) is 5.92 Å². The zero-order valence-electron chi connectivity index (χ0n) is 13.2. The molecule has 0 aromatic heterocycles. The van der Waals surface area contributed by atoms with E-state index in [1.807, 2.05) is 13.0 Å². The van der Waals surface area contributed by atoms with Gasteiger partial charge < -0.3 is 20.1 Å². The largest absolute Gasteiger partial charge is 0.489 e. The number of carboxylic acids is 1. The number of hydrogen-bond acceptors (Lipinski definition) is 3. The average molecular weight is 318 g/mol. The fourth-order valence-electron chi connectivity index (χ4n) is 2.40. The first kappa shape index (κ1) is 16.9. The van der Waals surface area contributed by atoms with E-state index in [4.69, 9.17) is 9.84 Å². The Kier molecular flexibility index (Phi) is 5.62. The second-order valence-corrected chi connectivity index (χ2v) is 5.80. The van der Waals surface area contributed by atoms with Crippen LogP contribution in [0.5, 0.6) is 5.75 Å². The molecule has 2 amide bonds. The number of carbonyl (C=O) groups is 2. The first-order chi connectivity index (χ1) is 11.0. The summed E-state index contributed by atoms with van der Waals surface area (Å²) in [7, 11) is 0. The summed E-state index contributed by atoms with van der Waals surface area (Å²) in [6.45, 7) is 7.00. The smallest absolute Gasteiger partial charge is 0.321 e. The van der Waals surface area contributed by atoms with Crippen molar-refractivity contribution in [2.75, 3.05) is 25.0 Å². The molecule has 1 aromatic rings. The van der Waals surface area contributed by atoms with Crippen LogP contribution in [0.1, 0.15) is 19.8 Å². The van der Waals surface area contributed by atoms with Gasteiger partial charge in [0, 0.05) is 24.8 Å². The lowest BCUT2D eigenvalue weighted by molar-refractivity contribution is -0.143. The Morgan fingerprint density at radius 1 is 1.39 bits per heavy atom. The van der Waals surface area contributed by atoms with E-state index in [-0.39, 0.29) is 11.9 Å². The van der Waals surface area contributed by atoms with Crippen LogP contribution in [0.4, 0.5) is 10.5 Å². The van der Waals surface area contributed by atoms with Gasteiger partial charge in [-0.15, -0.1) is 0 Å². The van der Waals surface area contributed by atoms with Crippen LogP contribution in [0.15, 0.2) is 36.4 Å². The lowest BCUT2D eigenvalue weighted by Crippen LogP contribution is -2.42. The summed E-state index contributed by atoms with van der Waals surface area (Å²) in [5.41, 5.74) is 1.57. The molecule has 0 atom stereocenters. The fraction of sp³-hybridized carbons (Fsp3) is 0.412. The second kappa shape index (κ2) is 7.67. The number of nitrogens with one attached hydrogen (secondary N) is 1. The summed E-state index contributed by atoms with van der Waals surface area (Å²) in [6, 6.07) is 6.95. The number of likely N-dealkylation sites (tertiary alicyclic amines) is 1. The number of carbonyl (C=O) groups excluding carboxylic acids is 1. The predicted octanol–water partition coefficient (Wildman–Crippen LogP) is 2.97. The van der Waals surface area contributed by atoms with Gasteiger partial charge in [0.15, 0.2) is 0 Å². The van der Waals surface area contributed by atoms with E-state index in [2.05, 4.69) is 11.9 Å². The Balaban J connectivity index is 1.89. The van der Waals surface area contributed by atoms with Crippen molar-refractivity contribution >= 4 is 17.7 Å². The van der Waals surface area contributed by atoms with Gasteiger partial charge in [0.1, 0.15) is 12.4 Å². The van der Waals surface area contributed by atoms with E-state index in [0.717, 1.165) is 5.57 Å². The molecule has 1 aromatic carbocycles. The van der Waals surface area contributed by atoms with Gasteiger partial charge in [-0.3, -0.25) is 4.79 Å². The van der Waals surface area contributed by atoms with E-state index in [0.29, 0.717) is 44.0 Å². The molecule has 6 nitrogen and oxygen atoms in total. The van der Waals surface area contributed by atoms with Crippen LogP contribution in [0.3, 0.4) is 0 Å². The lowest BCUT2D eigenvalue weighted by Gasteiger charge is -2.30. The third-order valence-electron chi connectivity index (χ3n) is 3.70. The van der Waals surface area contributed by atoms with Crippen LogP contribution >= 0.6 is 0 Å². The van der Waals surface area contributed by atoms with Crippen LogP contribution in [0, 0.1) is 5.92 Å². The molecule has 1 aliphatic heterocycles. The van der Waals surface area contributed by atoms with E-state index >= 15 is 0 Å². The van der Waals surface area contributed by atoms with Crippen LogP contribution in [-0.4, -0.2) is 41.7 Å². The number of ether oxygens (including phenoxy) is 1. The highest BCUT2D eigenvalue weighted by Gasteiger charge is 2.26. The Hall–Kier alpha value is -2.50. The van der Waals surface area contributed by atoms with Gasteiger partial charge in [-0.1, -0.05) is 12.6 Å².